The van der Waals surface area contributed by atoms with Crippen LogP contribution in [-0.2, 0) is 14.3 Å². The molecule has 9 heteroatoms. The first-order valence-corrected chi connectivity index (χ1v) is 8.44. The Hall–Kier alpha value is -2.55. The van der Waals surface area contributed by atoms with Crippen LogP contribution in [-0.4, -0.2) is 45.7 Å². The molecule has 1 atom stereocenters. The zero-order valence-corrected chi connectivity index (χ0v) is 14.3. The molecule has 1 unspecified atom stereocenters. The monoisotopic (exact) mass is 349 g/mol. The number of nitrogens with one attached hydrogen (secondary N) is 1. The van der Waals surface area contributed by atoms with E-state index in [-0.39, 0.29) is 5.91 Å². The van der Waals surface area contributed by atoms with Crippen molar-refractivity contribution in [2.24, 2.45) is 0 Å². The van der Waals surface area contributed by atoms with Crippen molar-refractivity contribution in [2.45, 2.75) is 25.8 Å². The Labute approximate surface area is 143 Å². The Morgan fingerprint density at radius 2 is 2.33 bits per heavy atom. The first kappa shape index (κ1) is 17.8. The van der Waals surface area contributed by atoms with E-state index in [1.165, 1.54) is 18.0 Å². The van der Waals surface area contributed by atoms with E-state index in [2.05, 4.69) is 25.5 Å². The van der Waals surface area contributed by atoms with Gasteiger partial charge in [0.2, 0.25) is 11.7 Å². The van der Waals surface area contributed by atoms with Gasteiger partial charge < -0.3 is 10.1 Å². The Morgan fingerprint density at radius 3 is 3.00 bits per heavy atom. The van der Waals surface area contributed by atoms with Gasteiger partial charge in [0.15, 0.2) is 6.04 Å². The predicted octanol–water partition coefficient (Wildman–Crippen LogP) is 1.59. The minimum absolute atomic E-state index is 0.182. The molecule has 0 radical (unpaired) electrons. The smallest absolute Gasteiger partial charge is 0.330 e. The van der Waals surface area contributed by atoms with Gasteiger partial charge in [-0.25, -0.2) is 4.79 Å². The largest absolute Gasteiger partial charge is 0.466 e. The molecule has 0 saturated carbocycles. The Morgan fingerprint density at radius 1 is 1.50 bits per heavy atom. The average molecular weight is 349 g/mol. The van der Waals surface area contributed by atoms with Crippen LogP contribution in [0.2, 0.25) is 0 Å². The number of esters is 1. The van der Waals surface area contributed by atoms with Crippen molar-refractivity contribution in [3.63, 3.8) is 0 Å². The Kier molecular flexibility index (Phi) is 6.62. The topological polar surface area (TPSA) is 99.0 Å². The normalized spacial score (nSPS) is 12.2. The van der Waals surface area contributed by atoms with Crippen LogP contribution in [0.3, 0.4) is 0 Å². The average Bonchev–Trinajstić information content (AvgIpc) is 3.26. The third-order valence-electron chi connectivity index (χ3n) is 3.24. The molecule has 0 saturated heterocycles. The highest BCUT2D eigenvalue weighted by atomic mass is 32.1. The number of rotatable bonds is 8. The van der Waals surface area contributed by atoms with Gasteiger partial charge in [0, 0.05) is 23.6 Å². The molecule has 24 heavy (non-hydrogen) atoms. The molecule has 0 aliphatic heterocycles. The van der Waals surface area contributed by atoms with Crippen molar-refractivity contribution in [2.75, 3.05) is 13.7 Å². The Bertz CT molecular complexity index is 696. The number of tetrazole rings is 1. The summed E-state index contributed by atoms with van der Waals surface area (Å²) in [6.07, 6.45) is 4.05. The number of hydrogen-bond acceptors (Lipinski definition) is 7. The predicted molar refractivity (Wildman–Crippen MR) is 89.2 cm³/mol. The molecule has 128 valence electrons. The van der Waals surface area contributed by atoms with Crippen molar-refractivity contribution < 1.29 is 14.3 Å². The second-order valence-electron chi connectivity index (χ2n) is 4.87. The number of thiophene rings is 1. The number of amides is 1. The summed E-state index contributed by atoms with van der Waals surface area (Å²) < 4.78 is 4.49. The van der Waals surface area contributed by atoms with Crippen LogP contribution in [0.5, 0.6) is 0 Å². The maximum Gasteiger partial charge on any atom is 0.330 e. The molecule has 0 bridgehead atoms. The first-order valence-electron chi connectivity index (χ1n) is 7.50. The minimum Gasteiger partial charge on any atom is -0.466 e. The highest BCUT2D eigenvalue weighted by Crippen LogP contribution is 2.18. The van der Waals surface area contributed by atoms with Gasteiger partial charge in [0.05, 0.1) is 7.11 Å². The summed E-state index contributed by atoms with van der Waals surface area (Å²) in [6.45, 7) is 2.30. The summed E-state index contributed by atoms with van der Waals surface area (Å²) >= 11 is 1.55. The van der Waals surface area contributed by atoms with Crippen molar-refractivity contribution in [1.29, 1.82) is 0 Å². The second-order valence-corrected chi connectivity index (χ2v) is 5.65. The van der Waals surface area contributed by atoms with Crippen LogP contribution in [0.15, 0.2) is 29.0 Å². The quantitative estimate of drug-likeness (QED) is 0.441. The van der Waals surface area contributed by atoms with Gasteiger partial charge in [0.1, 0.15) is 0 Å². The molecule has 2 heterocycles. The molecular weight excluding hydrogens is 330 g/mol. The van der Waals surface area contributed by atoms with Gasteiger partial charge in [-0.15, -0.1) is 10.2 Å². The molecular formula is C15H19N5O3S. The summed E-state index contributed by atoms with van der Waals surface area (Å²) in [4.78, 5) is 24.5. The van der Waals surface area contributed by atoms with Gasteiger partial charge in [0.25, 0.3) is 0 Å². The summed E-state index contributed by atoms with van der Waals surface area (Å²) in [7, 11) is 1.32. The van der Waals surface area contributed by atoms with E-state index in [9.17, 15) is 9.59 Å². The van der Waals surface area contributed by atoms with Gasteiger partial charge in [-0.1, -0.05) is 13.0 Å². The summed E-state index contributed by atoms with van der Waals surface area (Å²) in [5.74, 6) is -0.0951. The molecule has 1 amide bonds. The van der Waals surface area contributed by atoms with Crippen molar-refractivity contribution in [3.05, 3.63) is 29.0 Å². The molecule has 2 rings (SSSR count). The van der Waals surface area contributed by atoms with Crippen molar-refractivity contribution in [3.8, 4) is 11.4 Å². The maximum absolute atomic E-state index is 12.3. The van der Waals surface area contributed by atoms with E-state index < -0.39 is 12.0 Å². The van der Waals surface area contributed by atoms with E-state index >= 15 is 0 Å². The van der Waals surface area contributed by atoms with E-state index in [4.69, 9.17) is 0 Å². The van der Waals surface area contributed by atoms with Crippen LogP contribution in [0.1, 0.15) is 25.8 Å². The highest BCUT2D eigenvalue weighted by molar-refractivity contribution is 7.08. The standard InChI is InChI=1S/C15H19N5O3S/c1-3-12(15(22)16-8-5-4-6-13(21)23-2)20-18-14(17-19-20)11-7-9-24-10-11/h4,6-7,9-10,12H,3,5,8H2,1-2H3,(H,16,22)/b6-4+. The molecule has 2 aromatic rings. The molecule has 0 aliphatic carbocycles. The number of aromatic nitrogens is 4. The maximum atomic E-state index is 12.3. The second kappa shape index (κ2) is 8.92. The molecule has 8 nitrogen and oxygen atoms in total. The molecule has 1 N–H and O–H groups in total. The van der Waals surface area contributed by atoms with Gasteiger partial charge >= 0.3 is 5.97 Å². The zero-order valence-electron chi connectivity index (χ0n) is 13.5. The zero-order chi connectivity index (χ0) is 17.4. The van der Waals surface area contributed by atoms with Crippen LogP contribution in [0, 0.1) is 0 Å². The lowest BCUT2D eigenvalue weighted by molar-refractivity contribution is -0.134. The van der Waals surface area contributed by atoms with Gasteiger partial charge in [-0.05, 0) is 29.5 Å². The number of carbonyl (C=O) groups excluding carboxylic acids is 2. The highest BCUT2D eigenvalue weighted by Gasteiger charge is 2.21. The lowest BCUT2D eigenvalue weighted by Crippen LogP contribution is -2.34. The van der Waals surface area contributed by atoms with E-state index in [0.29, 0.717) is 25.2 Å². The summed E-state index contributed by atoms with van der Waals surface area (Å²) in [5, 5.41) is 18.9. The molecule has 0 aliphatic rings. The minimum atomic E-state index is -0.519. The molecule has 0 spiro atoms. The summed E-state index contributed by atoms with van der Waals surface area (Å²) in [5.41, 5.74) is 0.884. The fraction of sp³-hybridized carbons (Fsp3) is 0.400. The number of carbonyl (C=O) groups is 2. The van der Waals surface area contributed by atoms with Crippen LogP contribution in [0.25, 0.3) is 11.4 Å². The van der Waals surface area contributed by atoms with Crippen LogP contribution < -0.4 is 5.32 Å². The summed E-state index contributed by atoms with van der Waals surface area (Å²) in [6, 6.07) is 1.38. The SMILES string of the molecule is CCC(C(=O)NCC/C=C/C(=O)OC)n1nnc(-c2ccsc2)n1. The Balaban J connectivity index is 1.90. The van der Waals surface area contributed by atoms with E-state index in [1.807, 2.05) is 23.8 Å². The molecule has 0 aromatic carbocycles. The van der Waals surface area contributed by atoms with Gasteiger partial charge in [-0.2, -0.15) is 16.1 Å². The third kappa shape index (κ3) is 4.72. The lowest BCUT2D eigenvalue weighted by Gasteiger charge is -2.12. The number of methoxy groups -OCH3 is 1. The fourth-order valence-electron chi connectivity index (χ4n) is 1.96. The van der Waals surface area contributed by atoms with Crippen LogP contribution in [0.4, 0.5) is 0 Å². The van der Waals surface area contributed by atoms with Gasteiger partial charge in [-0.3, -0.25) is 4.79 Å². The van der Waals surface area contributed by atoms with E-state index in [1.54, 1.807) is 17.4 Å². The van der Waals surface area contributed by atoms with Crippen molar-refractivity contribution >= 4 is 23.2 Å². The number of ether oxygens (including phenoxy) is 1. The van der Waals surface area contributed by atoms with Crippen LogP contribution >= 0.6 is 11.3 Å². The lowest BCUT2D eigenvalue weighted by atomic mass is 10.2. The molecule has 2 aromatic heterocycles. The van der Waals surface area contributed by atoms with Crippen molar-refractivity contribution in [1.82, 2.24) is 25.5 Å². The number of hydrogen-bond donors (Lipinski definition) is 1. The first-order chi connectivity index (χ1) is 11.7. The van der Waals surface area contributed by atoms with E-state index in [0.717, 1.165) is 5.56 Å². The molecule has 0 fully saturated rings. The fourth-order valence-corrected chi connectivity index (χ4v) is 2.60. The number of nitrogens with zero attached hydrogens (tertiary/aromatic N) is 4. The third-order valence-corrected chi connectivity index (χ3v) is 3.92.